The number of sulfonamides is 1. The Morgan fingerprint density at radius 3 is 2.57 bits per heavy atom. The minimum atomic E-state index is -3.16. The molecule has 0 aromatic heterocycles. The van der Waals surface area contributed by atoms with E-state index in [0.717, 1.165) is 38.8 Å². The van der Waals surface area contributed by atoms with Crippen molar-refractivity contribution in [3.8, 4) is 0 Å². The zero-order valence-corrected chi connectivity index (χ0v) is 13.9. The van der Waals surface area contributed by atoms with Gasteiger partial charge in [0.05, 0.1) is 6.26 Å². The third kappa shape index (κ3) is 4.57. The van der Waals surface area contributed by atoms with E-state index >= 15 is 0 Å². The van der Waals surface area contributed by atoms with Gasteiger partial charge in [-0.3, -0.25) is 0 Å². The summed E-state index contributed by atoms with van der Waals surface area (Å²) in [5, 5.41) is 3.02. The minimum absolute atomic E-state index is 0.0338. The van der Waals surface area contributed by atoms with Crippen LogP contribution in [0.5, 0.6) is 0 Å². The lowest BCUT2D eigenvalue weighted by molar-refractivity contribution is 0.156. The Kier molecular flexibility index (Phi) is 5.48. The Morgan fingerprint density at radius 2 is 1.90 bits per heavy atom. The molecule has 0 bridgehead atoms. The zero-order chi connectivity index (χ0) is 15.5. The van der Waals surface area contributed by atoms with Crippen LogP contribution in [-0.2, 0) is 10.0 Å². The lowest BCUT2D eigenvalue weighted by Gasteiger charge is -2.36. The lowest BCUT2D eigenvalue weighted by Crippen LogP contribution is -2.54. The summed E-state index contributed by atoms with van der Waals surface area (Å²) < 4.78 is 24.7. The molecule has 2 amide bonds. The third-order valence-electron chi connectivity index (χ3n) is 4.56. The SMILES string of the molecule is CCC1CCCN(C(=O)NC2CCCN(S(C)(=O)=O)C2)C1. The molecule has 2 aliphatic heterocycles. The molecule has 0 aliphatic carbocycles. The molecule has 1 N–H and O–H groups in total. The molecule has 0 aromatic carbocycles. The van der Waals surface area contributed by atoms with Crippen molar-refractivity contribution in [2.24, 2.45) is 5.92 Å². The average molecular weight is 317 g/mol. The van der Waals surface area contributed by atoms with E-state index in [0.29, 0.717) is 19.0 Å². The van der Waals surface area contributed by atoms with Crippen LogP contribution in [0.3, 0.4) is 0 Å². The fraction of sp³-hybridized carbons (Fsp3) is 0.929. The van der Waals surface area contributed by atoms with Crippen LogP contribution >= 0.6 is 0 Å². The second kappa shape index (κ2) is 6.96. The first-order chi connectivity index (χ1) is 9.90. The van der Waals surface area contributed by atoms with Crippen molar-refractivity contribution in [3.63, 3.8) is 0 Å². The molecule has 0 radical (unpaired) electrons. The highest BCUT2D eigenvalue weighted by Gasteiger charge is 2.29. The van der Waals surface area contributed by atoms with Crippen LogP contribution in [0.2, 0.25) is 0 Å². The van der Waals surface area contributed by atoms with Crippen molar-refractivity contribution >= 4 is 16.1 Å². The molecule has 122 valence electrons. The Labute approximate surface area is 127 Å². The summed E-state index contributed by atoms with van der Waals surface area (Å²) in [5.41, 5.74) is 0. The monoisotopic (exact) mass is 317 g/mol. The van der Waals surface area contributed by atoms with Crippen LogP contribution < -0.4 is 5.32 Å². The van der Waals surface area contributed by atoms with Gasteiger partial charge in [-0.15, -0.1) is 0 Å². The zero-order valence-electron chi connectivity index (χ0n) is 13.0. The maximum absolute atomic E-state index is 12.3. The number of carbonyl (C=O) groups is 1. The van der Waals surface area contributed by atoms with Crippen LogP contribution in [-0.4, -0.2) is 62.1 Å². The molecule has 2 rings (SSSR count). The van der Waals surface area contributed by atoms with E-state index in [-0.39, 0.29) is 12.1 Å². The molecular formula is C14H27N3O3S. The first kappa shape index (κ1) is 16.5. The Bertz CT molecular complexity index is 466. The largest absolute Gasteiger partial charge is 0.334 e. The van der Waals surface area contributed by atoms with Crippen LogP contribution in [0.15, 0.2) is 0 Å². The Morgan fingerprint density at radius 1 is 1.19 bits per heavy atom. The number of carbonyl (C=O) groups excluding carboxylic acids is 1. The second-order valence-electron chi connectivity index (χ2n) is 6.27. The van der Waals surface area contributed by atoms with Gasteiger partial charge in [0, 0.05) is 32.2 Å². The normalized spacial score (nSPS) is 28.4. The van der Waals surface area contributed by atoms with Crippen molar-refractivity contribution in [1.82, 2.24) is 14.5 Å². The van der Waals surface area contributed by atoms with E-state index in [9.17, 15) is 13.2 Å². The number of hydrogen-bond acceptors (Lipinski definition) is 3. The van der Waals surface area contributed by atoms with Crippen LogP contribution in [0.25, 0.3) is 0 Å². The molecule has 0 aromatic rings. The summed E-state index contributed by atoms with van der Waals surface area (Å²) in [6.45, 7) is 4.76. The maximum Gasteiger partial charge on any atom is 0.317 e. The van der Waals surface area contributed by atoms with E-state index in [1.54, 1.807) is 0 Å². The molecule has 2 aliphatic rings. The van der Waals surface area contributed by atoms with E-state index in [1.165, 1.54) is 17.0 Å². The summed E-state index contributed by atoms with van der Waals surface area (Å²) in [6, 6.07) is -0.100. The molecule has 0 saturated carbocycles. The van der Waals surface area contributed by atoms with Crippen molar-refractivity contribution in [2.45, 2.75) is 45.1 Å². The van der Waals surface area contributed by atoms with Gasteiger partial charge in [-0.05, 0) is 31.6 Å². The summed E-state index contributed by atoms with van der Waals surface area (Å²) in [5.74, 6) is 0.600. The van der Waals surface area contributed by atoms with Gasteiger partial charge in [-0.25, -0.2) is 17.5 Å². The molecule has 2 saturated heterocycles. The molecule has 7 heteroatoms. The first-order valence-corrected chi connectivity index (χ1v) is 9.75. The Hall–Kier alpha value is -0.820. The van der Waals surface area contributed by atoms with E-state index in [4.69, 9.17) is 0 Å². The van der Waals surface area contributed by atoms with Crippen LogP contribution in [0, 0.1) is 5.92 Å². The molecular weight excluding hydrogens is 290 g/mol. The van der Waals surface area contributed by atoms with Crippen molar-refractivity contribution in [1.29, 1.82) is 0 Å². The molecule has 2 heterocycles. The molecule has 2 unspecified atom stereocenters. The van der Waals surface area contributed by atoms with Gasteiger partial charge >= 0.3 is 6.03 Å². The van der Waals surface area contributed by atoms with Crippen molar-refractivity contribution < 1.29 is 13.2 Å². The highest BCUT2D eigenvalue weighted by atomic mass is 32.2. The topological polar surface area (TPSA) is 69.7 Å². The van der Waals surface area contributed by atoms with Gasteiger partial charge in [-0.2, -0.15) is 0 Å². The quantitative estimate of drug-likeness (QED) is 0.851. The molecule has 6 nitrogen and oxygen atoms in total. The highest BCUT2D eigenvalue weighted by molar-refractivity contribution is 7.88. The highest BCUT2D eigenvalue weighted by Crippen LogP contribution is 2.20. The van der Waals surface area contributed by atoms with Crippen LogP contribution in [0.1, 0.15) is 39.0 Å². The number of urea groups is 1. The number of amides is 2. The molecule has 0 spiro atoms. The number of rotatable bonds is 3. The molecule has 21 heavy (non-hydrogen) atoms. The molecule has 2 atom stereocenters. The van der Waals surface area contributed by atoms with Crippen LogP contribution in [0.4, 0.5) is 4.79 Å². The number of piperidine rings is 2. The van der Waals surface area contributed by atoms with E-state index in [2.05, 4.69) is 12.2 Å². The number of likely N-dealkylation sites (tertiary alicyclic amines) is 1. The predicted molar refractivity (Wildman–Crippen MR) is 82.6 cm³/mol. The van der Waals surface area contributed by atoms with Crippen molar-refractivity contribution in [2.75, 3.05) is 32.4 Å². The Balaban J connectivity index is 1.87. The smallest absolute Gasteiger partial charge is 0.317 e. The average Bonchev–Trinajstić information content (AvgIpc) is 2.46. The third-order valence-corrected chi connectivity index (χ3v) is 5.83. The number of nitrogens with zero attached hydrogens (tertiary/aromatic N) is 2. The van der Waals surface area contributed by atoms with Gasteiger partial charge in [0.15, 0.2) is 0 Å². The molecule has 2 fully saturated rings. The van der Waals surface area contributed by atoms with E-state index in [1.807, 2.05) is 4.90 Å². The summed E-state index contributed by atoms with van der Waals surface area (Å²) in [6.07, 6.45) is 6.25. The van der Waals surface area contributed by atoms with Gasteiger partial charge in [0.1, 0.15) is 0 Å². The maximum atomic E-state index is 12.3. The lowest BCUT2D eigenvalue weighted by atomic mass is 9.96. The first-order valence-electron chi connectivity index (χ1n) is 7.90. The number of hydrogen-bond donors (Lipinski definition) is 1. The van der Waals surface area contributed by atoms with Gasteiger partial charge in [0.25, 0.3) is 0 Å². The van der Waals surface area contributed by atoms with Gasteiger partial charge in [0.2, 0.25) is 10.0 Å². The van der Waals surface area contributed by atoms with Crippen molar-refractivity contribution in [3.05, 3.63) is 0 Å². The van der Waals surface area contributed by atoms with E-state index < -0.39 is 10.0 Å². The standard InChI is InChI=1S/C14H27N3O3S/c1-3-12-6-4-8-16(10-12)14(18)15-13-7-5-9-17(11-13)21(2,19)20/h12-13H,3-11H2,1-2H3,(H,15,18). The summed E-state index contributed by atoms with van der Waals surface area (Å²) in [4.78, 5) is 14.2. The predicted octanol–water partition coefficient (Wildman–Crippen LogP) is 1.24. The fourth-order valence-electron chi connectivity index (χ4n) is 3.21. The minimum Gasteiger partial charge on any atom is -0.334 e. The number of nitrogens with one attached hydrogen (secondary N) is 1. The van der Waals surface area contributed by atoms with Gasteiger partial charge in [-0.1, -0.05) is 13.3 Å². The van der Waals surface area contributed by atoms with Gasteiger partial charge < -0.3 is 10.2 Å². The summed E-state index contributed by atoms with van der Waals surface area (Å²) >= 11 is 0. The summed E-state index contributed by atoms with van der Waals surface area (Å²) in [7, 11) is -3.16. The fourth-order valence-corrected chi connectivity index (χ4v) is 4.12. The second-order valence-corrected chi connectivity index (χ2v) is 8.25.